The van der Waals surface area contributed by atoms with Crippen LogP contribution in [-0.4, -0.2) is 46.1 Å². The van der Waals surface area contributed by atoms with Crippen molar-refractivity contribution in [3.63, 3.8) is 0 Å². The van der Waals surface area contributed by atoms with E-state index in [0.29, 0.717) is 29.6 Å². The average molecular weight is 468 g/mol. The standard InChI is InChI=1S/C17H24ClF2N5O2S2/c1-11(21-2)9-22-5-3-4-6-23-14-8-13(19)15(7-12(14)18)29(26,27)25-17-24-10-16(20)28-17/h7-8,10-11,21-23H,3-6,9H2,1-2H3,(H,24,25)/t11-/m1/s1. The third-order valence-corrected chi connectivity index (χ3v) is 6.55. The molecule has 1 aromatic carbocycles. The first-order valence-corrected chi connectivity index (χ1v) is 11.7. The van der Waals surface area contributed by atoms with Gasteiger partial charge in [-0.15, -0.1) is 0 Å². The monoisotopic (exact) mass is 467 g/mol. The van der Waals surface area contributed by atoms with Crippen molar-refractivity contribution in [3.05, 3.63) is 34.3 Å². The van der Waals surface area contributed by atoms with E-state index in [1.54, 1.807) is 0 Å². The summed E-state index contributed by atoms with van der Waals surface area (Å²) in [5.41, 5.74) is 0.306. The number of benzene rings is 1. The molecule has 7 nitrogen and oxygen atoms in total. The van der Waals surface area contributed by atoms with E-state index in [2.05, 4.69) is 27.9 Å². The number of hydrogen-bond acceptors (Lipinski definition) is 7. The van der Waals surface area contributed by atoms with E-state index in [1.807, 2.05) is 11.8 Å². The zero-order chi connectivity index (χ0) is 21.4. The second-order valence-electron chi connectivity index (χ2n) is 6.37. The lowest BCUT2D eigenvalue weighted by Crippen LogP contribution is -2.34. The number of anilines is 2. The highest BCUT2D eigenvalue weighted by Gasteiger charge is 2.23. The first-order valence-electron chi connectivity index (χ1n) is 8.98. The zero-order valence-corrected chi connectivity index (χ0v) is 18.4. The molecule has 12 heteroatoms. The van der Waals surface area contributed by atoms with Crippen LogP contribution in [0.4, 0.5) is 19.6 Å². The highest BCUT2D eigenvalue weighted by Crippen LogP contribution is 2.29. The van der Waals surface area contributed by atoms with Crippen molar-refractivity contribution in [2.24, 2.45) is 0 Å². The summed E-state index contributed by atoms with van der Waals surface area (Å²) in [5.74, 6) is -0.968. The lowest BCUT2D eigenvalue weighted by atomic mass is 10.2. The number of nitrogens with zero attached hydrogens (tertiary/aromatic N) is 1. The Balaban J connectivity index is 1.90. The van der Waals surface area contributed by atoms with E-state index >= 15 is 0 Å². The molecule has 0 fully saturated rings. The van der Waals surface area contributed by atoms with Gasteiger partial charge < -0.3 is 16.0 Å². The predicted molar refractivity (Wildman–Crippen MR) is 113 cm³/mol. The number of hydrogen-bond donors (Lipinski definition) is 4. The normalized spacial score (nSPS) is 12.7. The van der Waals surface area contributed by atoms with Gasteiger partial charge in [0, 0.05) is 19.1 Å². The Morgan fingerprint density at radius 1 is 1.24 bits per heavy atom. The Bertz CT molecular complexity index is 911. The average Bonchev–Trinajstić information content (AvgIpc) is 3.06. The predicted octanol–water partition coefficient (Wildman–Crippen LogP) is 3.27. The van der Waals surface area contributed by atoms with E-state index in [1.165, 1.54) is 0 Å². The Labute approximate surface area is 178 Å². The summed E-state index contributed by atoms with van der Waals surface area (Å²) in [6, 6.07) is 2.45. The van der Waals surface area contributed by atoms with Gasteiger partial charge >= 0.3 is 0 Å². The minimum Gasteiger partial charge on any atom is -0.384 e. The number of likely N-dealkylation sites (N-methyl/N-ethyl adjacent to an activating group) is 1. The molecule has 0 aliphatic heterocycles. The Kier molecular flexibility index (Phi) is 9.03. The fourth-order valence-corrected chi connectivity index (χ4v) is 4.53. The van der Waals surface area contributed by atoms with Gasteiger partial charge in [0.2, 0.25) is 0 Å². The van der Waals surface area contributed by atoms with Crippen molar-refractivity contribution in [2.75, 3.05) is 36.7 Å². The summed E-state index contributed by atoms with van der Waals surface area (Å²) in [7, 11) is -2.38. The van der Waals surface area contributed by atoms with Gasteiger partial charge in [-0.1, -0.05) is 22.9 Å². The maximum atomic E-state index is 14.4. The summed E-state index contributed by atoms with van der Waals surface area (Å²) in [6.07, 6.45) is 2.62. The number of nitrogens with one attached hydrogen (secondary N) is 4. The molecule has 0 unspecified atom stereocenters. The van der Waals surface area contributed by atoms with Crippen LogP contribution in [0.25, 0.3) is 0 Å². The van der Waals surface area contributed by atoms with Crippen LogP contribution in [0.2, 0.25) is 5.02 Å². The Morgan fingerprint density at radius 2 is 1.97 bits per heavy atom. The van der Waals surface area contributed by atoms with Crippen LogP contribution in [0, 0.1) is 10.9 Å². The number of sulfonamides is 1. The summed E-state index contributed by atoms with van der Waals surface area (Å²) < 4.78 is 54.1. The third kappa shape index (κ3) is 7.34. The second kappa shape index (κ2) is 11.0. The summed E-state index contributed by atoms with van der Waals surface area (Å²) >= 11 is 6.61. The highest BCUT2D eigenvalue weighted by atomic mass is 35.5. The molecular formula is C17H24ClF2N5O2S2. The van der Waals surface area contributed by atoms with E-state index in [-0.39, 0.29) is 10.2 Å². The largest absolute Gasteiger partial charge is 0.384 e. The maximum Gasteiger partial charge on any atom is 0.266 e. The van der Waals surface area contributed by atoms with E-state index in [9.17, 15) is 17.2 Å². The van der Waals surface area contributed by atoms with E-state index in [0.717, 1.165) is 44.3 Å². The highest BCUT2D eigenvalue weighted by molar-refractivity contribution is 7.93. The summed E-state index contributed by atoms with van der Waals surface area (Å²) in [5, 5.41) is 8.68. The molecular weight excluding hydrogens is 444 g/mol. The van der Waals surface area contributed by atoms with Gasteiger partial charge in [0.25, 0.3) is 10.0 Å². The molecule has 2 aromatic rings. The molecule has 0 saturated heterocycles. The fraction of sp³-hybridized carbons (Fsp3) is 0.471. The van der Waals surface area contributed by atoms with E-state index < -0.39 is 25.9 Å². The molecule has 29 heavy (non-hydrogen) atoms. The van der Waals surface area contributed by atoms with Crippen LogP contribution < -0.4 is 20.7 Å². The lowest BCUT2D eigenvalue weighted by molar-refractivity contribution is 0.530. The third-order valence-electron chi connectivity index (χ3n) is 4.05. The number of rotatable bonds is 12. The van der Waals surface area contributed by atoms with Gasteiger partial charge in [-0.3, -0.25) is 4.72 Å². The molecule has 162 valence electrons. The van der Waals surface area contributed by atoms with Crippen LogP contribution in [0.3, 0.4) is 0 Å². The minimum absolute atomic E-state index is 0.0677. The zero-order valence-electron chi connectivity index (χ0n) is 16.1. The lowest BCUT2D eigenvalue weighted by Gasteiger charge is -2.13. The molecule has 1 atom stereocenters. The van der Waals surface area contributed by atoms with Gasteiger partial charge in [-0.2, -0.15) is 4.39 Å². The molecule has 4 N–H and O–H groups in total. The number of halogens is 3. The minimum atomic E-state index is -4.28. The molecule has 0 spiro atoms. The molecule has 0 aliphatic rings. The van der Waals surface area contributed by atoms with Gasteiger partial charge in [-0.25, -0.2) is 17.8 Å². The van der Waals surface area contributed by atoms with Crippen molar-refractivity contribution in [3.8, 4) is 0 Å². The number of aromatic nitrogens is 1. The SMILES string of the molecule is CN[C@H](C)CNCCCCNc1cc(F)c(S(=O)(=O)Nc2ncc(F)s2)cc1Cl. The van der Waals surface area contributed by atoms with Crippen molar-refractivity contribution in [1.29, 1.82) is 0 Å². The Hall–Kier alpha value is -1.53. The molecule has 0 radical (unpaired) electrons. The maximum absolute atomic E-state index is 14.4. The van der Waals surface area contributed by atoms with Crippen LogP contribution in [0.5, 0.6) is 0 Å². The molecule has 0 amide bonds. The Morgan fingerprint density at radius 3 is 2.62 bits per heavy atom. The number of unbranched alkanes of at least 4 members (excludes halogenated alkanes) is 1. The fourth-order valence-electron chi connectivity index (χ4n) is 2.36. The molecule has 0 saturated carbocycles. The van der Waals surface area contributed by atoms with Crippen molar-refractivity contribution in [1.82, 2.24) is 15.6 Å². The van der Waals surface area contributed by atoms with Crippen molar-refractivity contribution < 1.29 is 17.2 Å². The van der Waals surface area contributed by atoms with Crippen LogP contribution in [0.15, 0.2) is 23.2 Å². The molecule has 0 bridgehead atoms. The van der Waals surface area contributed by atoms with Gasteiger partial charge in [0.1, 0.15) is 10.7 Å². The van der Waals surface area contributed by atoms with Crippen LogP contribution >= 0.6 is 22.9 Å². The van der Waals surface area contributed by atoms with Gasteiger partial charge in [0.05, 0.1) is 16.9 Å². The van der Waals surface area contributed by atoms with Crippen molar-refractivity contribution in [2.45, 2.75) is 30.7 Å². The summed E-state index contributed by atoms with van der Waals surface area (Å²) in [4.78, 5) is 2.93. The number of thiazole rings is 1. The smallest absolute Gasteiger partial charge is 0.266 e. The van der Waals surface area contributed by atoms with Crippen LogP contribution in [0.1, 0.15) is 19.8 Å². The second-order valence-corrected chi connectivity index (χ2v) is 9.40. The molecule has 0 aliphatic carbocycles. The molecule has 1 aromatic heterocycles. The molecule has 2 rings (SSSR count). The van der Waals surface area contributed by atoms with Crippen molar-refractivity contribution >= 4 is 43.8 Å². The van der Waals surface area contributed by atoms with Crippen LogP contribution in [-0.2, 0) is 10.0 Å². The first-order chi connectivity index (χ1) is 13.7. The van der Waals surface area contributed by atoms with E-state index in [4.69, 9.17) is 11.6 Å². The quantitative estimate of drug-likeness (QED) is 0.358. The summed E-state index contributed by atoms with van der Waals surface area (Å²) in [6.45, 7) is 4.37. The first kappa shape index (κ1) is 23.7. The molecule has 1 heterocycles. The topological polar surface area (TPSA) is 95.1 Å². The van der Waals surface area contributed by atoms with Gasteiger partial charge in [0.15, 0.2) is 10.3 Å². The van der Waals surface area contributed by atoms with Gasteiger partial charge in [-0.05, 0) is 45.5 Å².